The first kappa shape index (κ1) is 8.45. The molecule has 0 spiro atoms. The number of benzene rings is 1. The molecule has 1 aromatic rings. The highest BCUT2D eigenvalue weighted by molar-refractivity contribution is 6.01. The van der Waals surface area contributed by atoms with E-state index in [1.165, 1.54) is 5.56 Å². The molecule has 0 aliphatic heterocycles. The van der Waals surface area contributed by atoms with E-state index in [1.54, 1.807) is 0 Å². The van der Waals surface area contributed by atoms with Crippen molar-refractivity contribution in [2.24, 2.45) is 5.73 Å². The average Bonchev–Trinajstić information content (AvgIpc) is 2.50. The van der Waals surface area contributed by atoms with Gasteiger partial charge in [-0.15, -0.1) is 0 Å². The summed E-state index contributed by atoms with van der Waals surface area (Å²) in [6.07, 6.45) is 2.40. The van der Waals surface area contributed by atoms with Crippen molar-refractivity contribution in [3.63, 3.8) is 0 Å². The number of hydrogen-bond acceptors (Lipinski definition) is 2. The molecule has 0 saturated carbocycles. The summed E-state index contributed by atoms with van der Waals surface area (Å²) in [6, 6.07) is 6.07. The zero-order chi connectivity index (χ0) is 9.26. The number of carbonyl (C=O) groups is 1. The van der Waals surface area contributed by atoms with Gasteiger partial charge in [0.2, 0.25) is 0 Å². The quantitative estimate of drug-likeness (QED) is 0.736. The Balaban J connectivity index is 2.47. The van der Waals surface area contributed by atoms with Gasteiger partial charge >= 0.3 is 0 Å². The van der Waals surface area contributed by atoms with E-state index in [-0.39, 0.29) is 0 Å². The molecule has 2 heteroatoms. The van der Waals surface area contributed by atoms with Gasteiger partial charge < -0.3 is 5.73 Å². The maximum atomic E-state index is 11.5. The van der Waals surface area contributed by atoms with Gasteiger partial charge in [0.25, 0.3) is 0 Å². The Morgan fingerprint density at radius 3 is 2.92 bits per heavy atom. The molecule has 1 aromatic carbocycles. The van der Waals surface area contributed by atoms with Crippen LogP contribution < -0.4 is 5.73 Å². The highest BCUT2D eigenvalue weighted by Gasteiger charge is 2.21. The van der Waals surface area contributed by atoms with Gasteiger partial charge in [-0.05, 0) is 30.5 Å². The summed E-state index contributed by atoms with van der Waals surface area (Å²) >= 11 is 0. The molecule has 0 heterocycles. The number of aryl methyl sites for hydroxylation is 1. The predicted molar refractivity (Wildman–Crippen MR) is 51.9 cm³/mol. The summed E-state index contributed by atoms with van der Waals surface area (Å²) < 4.78 is 0. The maximum Gasteiger partial charge on any atom is 0.163 e. The third kappa shape index (κ3) is 1.38. The van der Waals surface area contributed by atoms with Crippen LogP contribution >= 0.6 is 0 Å². The Hall–Kier alpha value is -1.15. The molecule has 2 N–H and O–H groups in total. The number of Topliss-reactive ketones (excluding diaryl/α,β-unsaturated/α-hetero) is 1. The largest absolute Gasteiger partial charge is 0.330 e. The van der Waals surface area contributed by atoms with Crippen LogP contribution in [-0.2, 0) is 12.8 Å². The first-order valence-electron chi connectivity index (χ1n) is 4.67. The molecule has 0 aromatic heterocycles. The maximum absolute atomic E-state index is 11.5. The number of hydrogen-bond donors (Lipinski definition) is 1. The van der Waals surface area contributed by atoms with Crippen LogP contribution in [-0.4, -0.2) is 12.3 Å². The van der Waals surface area contributed by atoms with Crippen molar-refractivity contribution < 1.29 is 4.79 Å². The molecule has 0 saturated heterocycles. The van der Waals surface area contributed by atoms with Crippen LogP contribution in [0.25, 0.3) is 0 Å². The lowest BCUT2D eigenvalue weighted by atomic mass is 10.0. The normalized spacial score (nSPS) is 14.7. The minimum atomic E-state index is 0.291. The van der Waals surface area contributed by atoms with Crippen LogP contribution in [0.1, 0.15) is 27.9 Å². The average molecular weight is 175 g/mol. The highest BCUT2D eigenvalue weighted by Crippen LogP contribution is 2.25. The van der Waals surface area contributed by atoms with Crippen LogP contribution in [0.15, 0.2) is 18.2 Å². The fourth-order valence-electron chi connectivity index (χ4n) is 1.96. The van der Waals surface area contributed by atoms with Gasteiger partial charge in [-0.1, -0.05) is 18.2 Å². The van der Waals surface area contributed by atoms with Crippen molar-refractivity contribution >= 4 is 5.78 Å². The zero-order valence-corrected chi connectivity index (χ0v) is 7.55. The van der Waals surface area contributed by atoms with Crippen LogP contribution in [0.2, 0.25) is 0 Å². The Kier molecular flexibility index (Phi) is 2.15. The summed E-state index contributed by atoms with van der Waals surface area (Å²) in [5, 5.41) is 0. The lowest BCUT2D eigenvalue weighted by molar-refractivity contribution is 0.0994. The molecule has 13 heavy (non-hydrogen) atoms. The van der Waals surface area contributed by atoms with Crippen molar-refractivity contribution in [3.05, 3.63) is 34.9 Å². The molecule has 0 unspecified atom stereocenters. The van der Waals surface area contributed by atoms with Crippen LogP contribution in [0.3, 0.4) is 0 Å². The predicted octanol–water partition coefficient (Wildman–Crippen LogP) is 1.32. The summed E-state index contributed by atoms with van der Waals surface area (Å²) in [5.41, 5.74) is 8.77. The smallest absolute Gasteiger partial charge is 0.163 e. The lowest BCUT2D eigenvalue weighted by Gasteiger charge is -2.04. The molecule has 0 amide bonds. The summed E-state index contributed by atoms with van der Waals surface area (Å²) in [4.78, 5) is 11.5. The Morgan fingerprint density at radius 2 is 2.15 bits per heavy atom. The van der Waals surface area contributed by atoms with Crippen LogP contribution in [0.4, 0.5) is 0 Å². The van der Waals surface area contributed by atoms with E-state index >= 15 is 0 Å². The summed E-state index contributed by atoms with van der Waals surface area (Å²) in [6.45, 7) is 0.615. The second-order valence-electron chi connectivity index (χ2n) is 3.41. The summed E-state index contributed by atoms with van der Waals surface area (Å²) in [7, 11) is 0. The molecule has 0 bridgehead atoms. The molecule has 0 radical (unpaired) electrons. The molecular weight excluding hydrogens is 162 g/mol. The Morgan fingerprint density at radius 1 is 1.31 bits per heavy atom. The fourth-order valence-corrected chi connectivity index (χ4v) is 1.96. The third-order valence-corrected chi connectivity index (χ3v) is 2.55. The van der Waals surface area contributed by atoms with Gasteiger partial charge in [-0.3, -0.25) is 4.79 Å². The van der Waals surface area contributed by atoms with Crippen molar-refractivity contribution in [2.45, 2.75) is 19.3 Å². The van der Waals surface area contributed by atoms with Gasteiger partial charge in [0.05, 0.1) is 0 Å². The summed E-state index contributed by atoms with van der Waals surface area (Å²) in [5.74, 6) is 0.291. The SMILES string of the molecule is NCCc1cccc2c1C(=O)CC2. The lowest BCUT2D eigenvalue weighted by Crippen LogP contribution is -2.07. The van der Waals surface area contributed by atoms with E-state index < -0.39 is 0 Å². The molecule has 1 aliphatic rings. The number of nitrogens with two attached hydrogens (primary N) is 1. The van der Waals surface area contributed by atoms with E-state index in [2.05, 4.69) is 0 Å². The van der Waals surface area contributed by atoms with E-state index in [0.29, 0.717) is 18.7 Å². The van der Waals surface area contributed by atoms with Crippen molar-refractivity contribution in [1.82, 2.24) is 0 Å². The topological polar surface area (TPSA) is 43.1 Å². The number of carbonyl (C=O) groups excluding carboxylic acids is 1. The van der Waals surface area contributed by atoms with E-state index in [4.69, 9.17) is 5.73 Å². The minimum Gasteiger partial charge on any atom is -0.330 e. The Bertz CT molecular complexity index is 344. The standard InChI is InChI=1S/C11H13NO/c12-7-6-9-3-1-2-8-4-5-10(13)11(8)9/h1-3H,4-7,12H2. The number of rotatable bonds is 2. The van der Waals surface area contributed by atoms with Gasteiger partial charge in [-0.25, -0.2) is 0 Å². The molecular formula is C11H13NO. The van der Waals surface area contributed by atoms with Gasteiger partial charge in [0.15, 0.2) is 5.78 Å². The van der Waals surface area contributed by atoms with Gasteiger partial charge in [-0.2, -0.15) is 0 Å². The van der Waals surface area contributed by atoms with Crippen molar-refractivity contribution in [2.75, 3.05) is 6.54 Å². The Labute approximate surface area is 77.8 Å². The van der Waals surface area contributed by atoms with Crippen molar-refractivity contribution in [1.29, 1.82) is 0 Å². The highest BCUT2D eigenvalue weighted by atomic mass is 16.1. The number of ketones is 1. The third-order valence-electron chi connectivity index (χ3n) is 2.55. The monoisotopic (exact) mass is 175 g/mol. The molecule has 0 atom stereocenters. The van der Waals surface area contributed by atoms with Crippen LogP contribution in [0, 0.1) is 0 Å². The second-order valence-corrected chi connectivity index (χ2v) is 3.41. The van der Waals surface area contributed by atoms with E-state index in [9.17, 15) is 4.79 Å². The van der Waals surface area contributed by atoms with Crippen molar-refractivity contribution in [3.8, 4) is 0 Å². The molecule has 2 nitrogen and oxygen atoms in total. The molecule has 2 rings (SSSR count). The molecule has 0 fully saturated rings. The number of fused-ring (bicyclic) bond motifs is 1. The zero-order valence-electron chi connectivity index (χ0n) is 7.55. The van der Waals surface area contributed by atoms with Crippen LogP contribution in [0.5, 0.6) is 0 Å². The first-order chi connectivity index (χ1) is 6.33. The van der Waals surface area contributed by atoms with E-state index in [0.717, 1.165) is 24.0 Å². The molecule has 68 valence electrons. The minimum absolute atomic E-state index is 0.291. The van der Waals surface area contributed by atoms with Gasteiger partial charge in [0.1, 0.15) is 0 Å². The van der Waals surface area contributed by atoms with Gasteiger partial charge in [0, 0.05) is 12.0 Å². The molecule has 1 aliphatic carbocycles. The van der Waals surface area contributed by atoms with E-state index in [1.807, 2.05) is 18.2 Å². The first-order valence-corrected chi connectivity index (χ1v) is 4.67. The fraction of sp³-hybridized carbons (Fsp3) is 0.364. The second kappa shape index (κ2) is 3.30.